The summed E-state index contributed by atoms with van der Waals surface area (Å²) < 4.78 is 42.4. The molecule has 0 spiro atoms. The third-order valence-electron chi connectivity index (χ3n) is 5.52. The van der Waals surface area contributed by atoms with Crippen LogP contribution < -0.4 is 4.74 Å². The summed E-state index contributed by atoms with van der Waals surface area (Å²) in [7, 11) is 0. The molecule has 0 bridgehead atoms. The van der Waals surface area contributed by atoms with Crippen molar-refractivity contribution in [2.45, 2.75) is 51.8 Å². The lowest BCUT2D eigenvalue weighted by atomic mass is 9.91. The van der Waals surface area contributed by atoms with E-state index in [1.807, 2.05) is 6.92 Å². The van der Waals surface area contributed by atoms with Crippen molar-refractivity contribution in [3.63, 3.8) is 0 Å². The SMILES string of the molecule is CCCCC[C@H](C(=O)O)c1c(C)n(C(=O)c2ccc(OC(F)(F)F)cc2)c2ccc(O)cc12. The first-order valence-corrected chi connectivity index (χ1v) is 10.5. The molecule has 0 unspecified atom stereocenters. The molecule has 1 heterocycles. The first kappa shape index (κ1) is 24.2. The van der Waals surface area contributed by atoms with Gasteiger partial charge in [-0.25, -0.2) is 0 Å². The summed E-state index contributed by atoms with van der Waals surface area (Å²) in [6, 6.07) is 8.85. The van der Waals surface area contributed by atoms with Gasteiger partial charge >= 0.3 is 12.3 Å². The zero-order valence-corrected chi connectivity index (χ0v) is 18.1. The molecule has 0 saturated heterocycles. The maximum atomic E-state index is 13.3. The monoisotopic (exact) mass is 463 g/mol. The topological polar surface area (TPSA) is 88.8 Å². The number of carboxylic acids is 1. The number of hydrogen-bond acceptors (Lipinski definition) is 4. The smallest absolute Gasteiger partial charge is 0.508 e. The number of alkyl halides is 3. The van der Waals surface area contributed by atoms with Gasteiger partial charge in [0.1, 0.15) is 11.5 Å². The van der Waals surface area contributed by atoms with E-state index in [1.165, 1.54) is 34.9 Å². The Morgan fingerprint density at radius 1 is 1.09 bits per heavy atom. The van der Waals surface area contributed by atoms with Crippen LogP contribution in [0, 0.1) is 6.92 Å². The molecule has 6 nitrogen and oxygen atoms in total. The minimum atomic E-state index is -4.85. The number of hydrogen-bond donors (Lipinski definition) is 2. The summed E-state index contributed by atoms with van der Waals surface area (Å²) in [5.41, 5.74) is 1.35. The van der Waals surface area contributed by atoms with Crippen molar-refractivity contribution in [3.05, 3.63) is 59.3 Å². The van der Waals surface area contributed by atoms with Gasteiger partial charge in [0.05, 0.1) is 11.4 Å². The number of phenols is 1. The average Bonchev–Trinajstić information content (AvgIpc) is 3.01. The Hall–Kier alpha value is -3.49. The van der Waals surface area contributed by atoms with Crippen molar-refractivity contribution in [2.24, 2.45) is 0 Å². The van der Waals surface area contributed by atoms with Crippen molar-refractivity contribution in [3.8, 4) is 11.5 Å². The number of nitrogens with zero attached hydrogens (tertiary/aromatic N) is 1. The summed E-state index contributed by atoms with van der Waals surface area (Å²) in [5.74, 6) is -2.97. The van der Waals surface area contributed by atoms with Gasteiger partial charge in [0.25, 0.3) is 5.91 Å². The van der Waals surface area contributed by atoms with Crippen LogP contribution in [0.1, 0.15) is 60.1 Å². The quantitative estimate of drug-likeness (QED) is 0.401. The van der Waals surface area contributed by atoms with E-state index in [2.05, 4.69) is 4.74 Å². The van der Waals surface area contributed by atoms with Crippen LogP contribution >= 0.6 is 0 Å². The van der Waals surface area contributed by atoms with Crippen LogP contribution in [-0.2, 0) is 4.79 Å². The number of ether oxygens (including phenoxy) is 1. The van der Waals surface area contributed by atoms with Gasteiger partial charge in [0.15, 0.2) is 0 Å². The first-order valence-electron chi connectivity index (χ1n) is 10.5. The van der Waals surface area contributed by atoms with Crippen LogP contribution in [0.3, 0.4) is 0 Å². The average molecular weight is 463 g/mol. The van der Waals surface area contributed by atoms with E-state index < -0.39 is 29.9 Å². The van der Waals surface area contributed by atoms with Crippen LogP contribution in [0.4, 0.5) is 13.2 Å². The summed E-state index contributed by atoms with van der Waals surface area (Å²) in [6.07, 6.45) is -2.01. The maximum absolute atomic E-state index is 13.3. The molecule has 3 aromatic rings. The lowest BCUT2D eigenvalue weighted by Gasteiger charge is -2.14. The van der Waals surface area contributed by atoms with Crippen LogP contribution in [0.2, 0.25) is 0 Å². The van der Waals surface area contributed by atoms with Crippen molar-refractivity contribution in [1.82, 2.24) is 4.57 Å². The number of halogens is 3. The fourth-order valence-electron chi connectivity index (χ4n) is 4.05. The van der Waals surface area contributed by atoms with Gasteiger partial charge in [-0.2, -0.15) is 0 Å². The fourth-order valence-corrected chi connectivity index (χ4v) is 4.05. The van der Waals surface area contributed by atoms with Gasteiger partial charge in [-0.15, -0.1) is 13.2 Å². The first-order chi connectivity index (χ1) is 15.5. The molecule has 33 heavy (non-hydrogen) atoms. The normalized spacial score (nSPS) is 12.6. The summed E-state index contributed by atoms with van der Waals surface area (Å²) in [5, 5.41) is 20.4. The Labute approximate surface area is 188 Å². The molecule has 0 fully saturated rings. The van der Waals surface area contributed by atoms with Gasteiger partial charge < -0.3 is 14.9 Å². The molecule has 2 N–H and O–H groups in total. The third-order valence-corrected chi connectivity index (χ3v) is 5.52. The van der Waals surface area contributed by atoms with Crippen LogP contribution in [-0.4, -0.2) is 33.0 Å². The number of carbonyl (C=O) groups is 2. The number of fused-ring (bicyclic) bond motifs is 1. The largest absolute Gasteiger partial charge is 0.573 e. The highest BCUT2D eigenvalue weighted by Crippen LogP contribution is 2.37. The van der Waals surface area contributed by atoms with Gasteiger partial charge in [-0.05, 0) is 61.4 Å². The zero-order valence-electron chi connectivity index (χ0n) is 18.1. The molecule has 3 rings (SSSR count). The molecule has 0 aliphatic heterocycles. The Morgan fingerprint density at radius 3 is 2.33 bits per heavy atom. The number of aliphatic carboxylic acids is 1. The molecule has 2 aromatic carbocycles. The van der Waals surface area contributed by atoms with E-state index >= 15 is 0 Å². The van der Waals surface area contributed by atoms with Gasteiger partial charge in [0, 0.05) is 16.6 Å². The third kappa shape index (κ3) is 5.30. The van der Waals surface area contributed by atoms with E-state index in [1.54, 1.807) is 6.92 Å². The maximum Gasteiger partial charge on any atom is 0.573 e. The van der Waals surface area contributed by atoms with Gasteiger partial charge in [-0.3, -0.25) is 14.2 Å². The molecule has 1 aromatic heterocycles. The summed E-state index contributed by atoms with van der Waals surface area (Å²) in [6.45, 7) is 3.63. The molecule has 0 saturated carbocycles. The molecule has 0 aliphatic carbocycles. The molecule has 0 amide bonds. The Bertz CT molecular complexity index is 1170. The highest BCUT2D eigenvalue weighted by Gasteiger charge is 2.32. The molecule has 176 valence electrons. The van der Waals surface area contributed by atoms with E-state index in [-0.39, 0.29) is 11.3 Å². The molecular weight excluding hydrogens is 439 g/mol. The van der Waals surface area contributed by atoms with Crippen molar-refractivity contribution in [1.29, 1.82) is 0 Å². The van der Waals surface area contributed by atoms with E-state index in [9.17, 15) is 33.0 Å². The lowest BCUT2D eigenvalue weighted by molar-refractivity contribution is -0.274. The minimum Gasteiger partial charge on any atom is -0.508 e. The molecule has 1 atom stereocenters. The second kappa shape index (κ2) is 9.56. The number of phenolic OH excluding ortho intramolecular Hbond substituents is 1. The Morgan fingerprint density at radius 2 is 1.76 bits per heavy atom. The minimum absolute atomic E-state index is 0.0697. The molecular formula is C24H24F3NO5. The predicted molar refractivity (Wildman–Crippen MR) is 116 cm³/mol. The standard InChI is InChI=1S/C24H24F3NO5/c1-3-4-5-6-18(23(31)32)21-14(2)28(20-12-9-16(29)13-19(20)21)22(30)15-7-10-17(11-8-15)33-24(25,26)27/h7-13,18,29H,3-6H2,1-2H3,(H,31,32)/t18-/m0/s1. The zero-order chi connectivity index (χ0) is 24.3. The number of carbonyl (C=O) groups excluding carboxylic acids is 1. The van der Waals surface area contributed by atoms with Crippen LogP contribution in [0.5, 0.6) is 11.5 Å². The predicted octanol–water partition coefficient (Wildman–Crippen LogP) is 5.99. The van der Waals surface area contributed by atoms with Crippen molar-refractivity contribution >= 4 is 22.8 Å². The summed E-state index contributed by atoms with van der Waals surface area (Å²) >= 11 is 0. The molecule has 0 radical (unpaired) electrons. The fraction of sp³-hybridized carbons (Fsp3) is 0.333. The number of aromatic hydroxyl groups is 1. The second-order valence-electron chi connectivity index (χ2n) is 7.80. The van der Waals surface area contributed by atoms with Crippen LogP contribution in [0.15, 0.2) is 42.5 Å². The lowest BCUT2D eigenvalue weighted by Crippen LogP contribution is -2.18. The van der Waals surface area contributed by atoms with E-state index in [0.717, 1.165) is 25.0 Å². The van der Waals surface area contributed by atoms with Gasteiger partial charge in [0.2, 0.25) is 0 Å². The number of unbranched alkanes of at least 4 members (excludes halogenated alkanes) is 2. The Kier molecular flexibility index (Phi) is 7.00. The number of rotatable bonds is 8. The van der Waals surface area contributed by atoms with Crippen molar-refractivity contribution in [2.75, 3.05) is 0 Å². The number of carboxylic acid groups (broad SMARTS) is 1. The second-order valence-corrected chi connectivity index (χ2v) is 7.80. The number of aromatic nitrogens is 1. The highest BCUT2D eigenvalue weighted by molar-refractivity contribution is 6.05. The molecule has 0 aliphatic rings. The summed E-state index contributed by atoms with van der Waals surface area (Å²) in [4.78, 5) is 25.4. The Balaban J connectivity index is 2.09. The van der Waals surface area contributed by atoms with E-state index in [0.29, 0.717) is 35.0 Å². The molecule has 9 heteroatoms. The van der Waals surface area contributed by atoms with Crippen LogP contribution in [0.25, 0.3) is 10.9 Å². The van der Waals surface area contributed by atoms with E-state index in [4.69, 9.17) is 0 Å². The number of benzene rings is 2. The highest BCUT2D eigenvalue weighted by atomic mass is 19.4. The van der Waals surface area contributed by atoms with Gasteiger partial charge in [-0.1, -0.05) is 26.2 Å². The van der Waals surface area contributed by atoms with Crippen molar-refractivity contribution < 1.29 is 37.7 Å².